The van der Waals surface area contributed by atoms with Gasteiger partial charge in [-0.3, -0.25) is 5.43 Å². The Morgan fingerprint density at radius 1 is 1.31 bits per heavy atom. The summed E-state index contributed by atoms with van der Waals surface area (Å²) in [5, 5.41) is 3.97. The molecular weight excluding hydrogens is 164 g/mol. The molecule has 0 aliphatic carbocycles. The van der Waals surface area contributed by atoms with Gasteiger partial charge in [-0.1, -0.05) is 6.07 Å². The third kappa shape index (κ3) is 1.54. The van der Waals surface area contributed by atoms with Crippen molar-refractivity contribution in [2.75, 3.05) is 7.11 Å². The van der Waals surface area contributed by atoms with Crippen molar-refractivity contribution in [1.82, 2.24) is 5.43 Å². The molecule has 1 heterocycles. The fourth-order valence-corrected chi connectivity index (χ4v) is 1.22. The van der Waals surface area contributed by atoms with E-state index in [0.717, 1.165) is 16.9 Å². The minimum Gasteiger partial charge on any atom is -0.497 e. The van der Waals surface area contributed by atoms with Gasteiger partial charge in [-0.25, -0.2) is 0 Å². The molecule has 3 heteroatoms. The molecule has 66 valence electrons. The summed E-state index contributed by atoms with van der Waals surface area (Å²) in [6.45, 7) is 0. The van der Waals surface area contributed by atoms with Crippen molar-refractivity contribution in [3.05, 3.63) is 35.5 Å². The molecule has 0 spiro atoms. The SMILES string of the molecule is COc1ccc2c(c1)C=NNC=C2. The predicted molar refractivity (Wildman–Crippen MR) is 52.8 cm³/mol. The number of hydrazone groups is 1. The number of methoxy groups -OCH3 is 1. The van der Waals surface area contributed by atoms with E-state index in [1.165, 1.54) is 0 Å². The molecule has 1 aliphatic heterocycles. The predicted octanol–water partition coefficient (Wildman–Crippen LogP) is 1.60. The third-order valence-electron chi connectivity index (χ3n) is 1.91. The standard InChI is InChI=1S/C10H10N2O/c1-13-10-3-2-8-4-5-11-12-7-9(8)6-10/h2-7,11H,1H3. The number of fused-ring (bicyclic) bond motifs is 1. The molecular formula is C10H10N2O. The fourth-order valence-electron chi connectivity index (χ4n) is 1.22. The molecule has 0 unspecified atom stereocenters. The van der Waals surface area contributed by atoms with E-state index in [1.54, 1.807) is 19.5 Å². The molecule has 1 aromatic rings. The van der Waals surface area contributed by atoms with Crippen molar-refractivity contribution in [3.63, 3.8) is 0 Å². The molecule has 0 amide bonds. The Balaban J connectivity index is 2.50. The van der Waals surface area contributed by atoms with E-state index < -0.39 is 0 Å². The summed E-state index contributed by atoms with van der Waals surface area (Å²) in [5.41, 5.74) is 4.97. The van der Waals surface area contributed by atoms with Crippen molar-refractivity contribution in [3.8, 4) is 5.75 Å². The summed E-state index contributed by atoms with van der Waals surface area (Å²) < 4.78 is 5.11. The third-order valence-corrected chi connectivity index (χ3v) is 1.91. The zero-order valence-corrected chi connectivity index (χ0v) is 7.32. The van der Waals surface area contributed by atoms with Crippen molar-refractivity contribution < 1.29 is 4.74 Å². The average molecular weight is 174 g/mol. The van der Waals surface area contributed by atoms with Gasteiger partial charge in [-0.05, 0) is 23.8 Å². The molecule has 0 aromatic heterocycles. The Labute approximate surface area is 76.7 Å². The first-order chi connectivity index (χ1) is 6.40. The normalized spacial score (nSPS) is 13.0. The van der Waals surface area contributed by atoms with Gasteiger partial charge in [0.25, 0.3) is 0 Å². The maximum Gasteiger partial charge on any atom is 0.119 e. The quantitative estimate of drug-likeness (QED) is 0.701. The second-order valence-corrected chi connectivity index (χ2v) is 2.72. The van der Waals surface area contributed by atoms with Crippen molar-refractivity contribution >= 4 is 12.3 Å². The number of ether oxygens (including phenoxy) is 1. The van der Waals surface area contributed by atoms with Crippen LogP contribution in [0.3, 0.4) is 0 Å². The molecule has 0 radical (unpaired) electrons. The van der Waals surface area contributed by atoms with Crippen LogP contribution in [0.5, 0.6) is 5.75 Å². The largest absolute Gasteiger partial charge is 0.497 e. The Morgan fingerprint density at radius 3 is 3.08 bits per heavy atom. The fraction of sp³-hybridized carbons (Fsp3) is 0.100. The summed E-state index contributed by atoms with van der Waals surface area (Å²) in [7, 11) is 1.66. The van der Waals surface area contributed by atoms with E-state index in [4.69, 9.17) is 4.74 Å². The zero-order chi connectivity index (χ0) is 9.10. The highest BCUT2D eigenvalue weighted by Gasteiger charge is 2.00. The lowest BCUT2D eigenvalue weighted by Gasteiger charge is -2.02. The van der Waals surface area contributed by atoms with Crippen molar-refractivity contribution in [1.29, 1.82) is 0 Å². The molecule has 13 heavy (non-hydrogen) atoms. The first kappa shape index (κ1) is 7.86. The highest BCUT2D eigenvalue weighted by molar-refractivity contribution is 5.86. The smallest absolute Gasteiger partial charge is 0.119 e. The number of nitrogens with one attached hydrogen (secondary N) is 1. The van der Waals surface area contributed by atoms with Crippen LogP contribution >= 0.6 is 0 Å². The summed E-state index contributed by atoms with van der Waals surface area (Å²) in [6.07, 6.45) is 5.55. The van der Waals surface area contributed by atoms with Crippen LogP contribution in [-0.4, -0.2) is 13.3 Å². The summed E-state index contributed by atoms with van der Waals surface area (Å²) >= 11 is 0. The number of nitrogens with zero attached hydrogens (tertiary/aromatic N) is 1. The second kappa shape index (κ2) is 3.31. The topological polar surface area (TPSA) is 33.6 Å². The van der Waals surface area contributed by atoms with E-state index in [0.29, 0.717) is 0 Å². The molecule has 0 bridgehead atoms. The first-order valence-electron chi connectivity index (χ1n) is 4.03. The molecule has 0 saturated heterocycles. The van der Waals surface area contributed by atoms with Gasteiger partial charge in [-0.15, -0.1) is 0 Å². The van der Waals surface area contributed by atoms with Gasteiger partial charge in [0.1, 0.15) is 5.75 Å². The number of hydrogen-bond donors (Lipinski definition) is 1. The monoisotopic (exact) mass is 174 g/mol. The van der Waals surface area contributed by atoms with Crippen LogP contribution in [0.1, 0.15) is 11.1 Å². The van der Waals surface area contributed by atoms with Crippen LogP contribution < -0.4 is 10.2 Å². The Hall–Kier alpha value is -1.77. The molecule has 0 atom stereocenters. The first-order valence-corrected chi connectivity index (χ1v) is 4.03. The lowest BCUT2D eigenvalue weighted by Crippen LogP contribution is -1.91. The molecule has 0 saturated carbocycles. The van der Waals surface area contributed by atoms with E-state index in [-0.39, 0.29) is 0 Å². The lowest BCUT2D eigenvalue weighted by molar-refractivity contribution is 0.414. The molecule has 1 aromatic carbocycles. The second-order valence-electron chi connectivity index (χ2n) is 2.72. The van der Waals surface area contributed by atoms with Gasteiger partial charge in [0, 0.05) is 11.8 Å². The average Bonchev–Trinajstić information content (AvgIpc) is 2.41. The molecule has 3 nitrogen and oxygen atoms in total. The highest BCUT2D eigenvalue weighted by Crippen LogP contribution is 2.18. The number of rotatable bonds is 1. The number of benzene rings is 1. The number of hydrogen-bond acceptors (Lipinski definition) is 3. The highest BCUT2D eigenvalue weighted by atomic mass is 16.5. The van der Waals surface area contributed by atoms with Gasteiger partial charge in [0.05, 0.1) is 13.3 Å². The Bertz CT molecular complexity index is 369. The minimum atomic E-state index is 0.848. The Morgan fingerprint density at radius 2 is 2.23 bits per heavy atom. The van der Waals surface area contributed by atoms with E-state index in [9.17, 15) is 0 Å². The zero-order valence-electron chi connectivity index (χ0n) is 7.32. The minimum absolute atomic E-state index is 0.848. The molecule has 1 N–H and O–H groups in total. The lowest BCUT2D eigenvalue weighted by atomic mass is 10.1. The summed E-state index contributed by atoms with van der Waals surface area (Å²) in [4.78, 5) is 0. The molecule has 0 fully saturated rings. The molecule has 2 rings (SSSR count). The van der Waals surface area contributed by atoms with E-state index in [2.05, 4.69) is 10.5 Å². The van der Waals surface area contributed by atoms with Gasteiger partial charge < -0.3 is 4.74 Å². The maximum atomic E-state index is 5.11. The van der Waals surface area contributed by atoms with Crippen LogP contribution in [-0.2, 0) is 0 Å². The van der Waals surface area contributed by atoms with Gasteiger partial charge in [0.2, 0.25) is 0 Å². The summed E-state index contributed by atoms with van der Waals surface area (Å²) in [5.74, 6) is 0.848. The van der Waals surface area contributed by atoms with Crippen LogP contribution in [0.2, 0.25) is 0 Å². The van der Waals surface area contributed by atoms with Crippen molar-refractivity contribution in [2.24, 2.45) is 5.10 Å². The van der Waals surface area contributed by atoms with Crippen LogP contribution in [0.15, 0.2) is 29.5 Å². The Kier molecular flexibility index (Phi) is 2.00. The van der Waals surface area contributed by atoms with E-state index in [1.807, 2.05) is 24.3 Å². The van der Waals surface area contributed by atoms with Gasteiger partial charge >= 0.3 is 0 Å². The molecule has 1 aliphatic rings. The van der Waals surface area contributed by atoms with Crippen molar-refractivity contribution in [2.45, 2.75) is 0 Å². The van der Waals surface area contributed by atoms with Crippen LogP contribution in [0.4, 0.5) is 0 Å². The van der Waals surface area contributed by atoms with Gasteiger partial charge in [-0.2, -0.15) is 5.10 Å². The van der Waals surface area contributed by atoms with Crippen LogP contribution in [0.25, 0.3) is 6.08 Å². The van der Waals surface area contributed by atoms with Crippen LogP contribution in [0, 0.1) is 0 Å². The maximum absolute atomic E-state index is 5.11. The van der Waals surface area contributed by atoms with Gasteiger partial charge in [0.15, 0.2) is 0 Å². The summed E-state index contributed by atoms with van der Waals surface area (Å²) in [6, 6.07) is 5.89. The van der Waals surface area contributed by atoms with E-state index >= 15 is 0 Å².